The highest BCUT2D eigenvalue weighted by Crippen LogP contribution is 2.30. The Morgan fingerprint density at radius 2 is 1.84 bits per heavy atom. The number of benzene rings is 1. The van der Waals surface area contributed by atoms with Crippen molar-refractivity contribution in [3.63, 3.8) is 0 Å². The number of ether oxygens (including phenoxy) is 2. The molecule has 0 aromatic heterocycles. The van der Waals surface area contributed by atoms with E-state index in [1.165, 1.54) is 0 Å². The van der Waals surface area contributed by atoms with E-state index in [4.69, 9.17) is 9.47 Å². The number of hydrogen-bond donors (Lipinski definition) is 0. The highest BCUT2D eigenvalue weighted by molar-refractivity contribution is 9.10. The van der Waals surface area contributed by atoms with Gasteiger partial charge in [-0.25, -0.2) is 4.79 Å². The van der Waals surface area contributed by atoms with E-state index >= 15 is 0 Å². The second kappa shape index (κ2) is 5.95. The van der Waals surface area contributed by atoms with Crippen LogP contribution in [0.2, 0.25) is 0 Å². The molecule has 0 bridgehead atoms. The third-order valence-electron chi connectivity index (χ3n) is 2.33. The molecule has 0 atom stereocenters. The van der Waals surface area contributed by atoms with Crippen LogP contribution in [0.1, 0.15) is 50.5 Å². The fourth-order valence-corrected chi connectivity index (χ4v) is 2.21. The van der Waals surface area contributed by atoms with Crippen LogP contribution >= 0.6 is 15.9 Å². The molecule has 0 spiro atoms. The molecule has 0 amide bonds. The fraction of sp³-hybridized carbons (Fsp3) is 0.533. The standard InChI is InChI=1S/C15H21BrO3/c1-9(2)18-12-8-7-11(16)13(10(12)3)14(17)19-15(4,5)6/h7-9H,1-6H3. The van der Waals surface area contributed by atoms with E-state index in [-0.39, 0.29) is 12.1 Å². The summed E-state index contributed by atoms with van der Waals surface area (Å²) in [6.07, 6.45) is 0.0614. The van der Waals surface area contributed by atoms with Gasteiger partial charge in [0.15, 0.2) is 0 Å². The van der Waals surface area contributed by atoms with Gasteiger partial charge < -0.3 is 9.47 Å². The molecule has 4 heteroatoms. The van der Waals surface area contributed by atoms with Crippen molar-refractivity contribution in [3.8, 4) is 5.75 Å². The molecule has 0 aliphatic heterocycles. The zero-order valence-corrected chi connectivity index (χ0v) is 13.9. The van der Waals surface area contributed by atoms with Crippen LogP contribution in [0.4, 0.5) is 0 Å². The third kappa shape index (κ3) is 4.53. The van der Waals surface area contributed by atoms with Crippen molar-refractivity contribution in [2.75, 3.05) is 0 Å². The molecule has 1 rings (SSSR count). The third-order valence-corrected chi connectivity index (χ3v) is 2.99. The van der Waals surface area contributed by atoms with Crippen molar-refractivity contribution in [1.29, 1.82) is 0 Å². The second-order valence-corrected chi connectivity index (χ2v) is 6.57. The molecule has 0 radical (unpaired) electrons. The van der Waals surface area contributed by atoms with E-state index in [2.05, 4.69) is 15.9 Å². The minimum absolute atomic E-state index is 0.0614. The van der Waals surface area contributed by atoms with Gasteiger partial charge in [0.25, 0.3) is 0 Å². The Bertz CT molecular complexity index is 473. The number of esters is 1. The molecule has 0 heterocycles. The Balaban J connectivity index is 3.16. The van der Waals surface area contributed by atoms with Crippen molar-refractivity contribution in [2.45, 2.75) is 53.2 Å². The van der Waals surface area contributed by atoms with Crippen LogP contribution in [0.5, 0.6) is 5.75 Å². The van der Waals surface area contributed by atoms with Gasteiger partial charge in [-0.05, 0) is 69.6 Å². The van der Waals surface area contributed by atoms with Gasteiger partial charge in [0, 0.05) is 10.0 Å². The Hall–Kier alpha value is -1.03. The SMILES string of the molecule is Cc1c(OC(C)C)ccc(Br)c1C(=O)OC(C)(C)C. The molecule has 1 aromatic carbocycles. The van der Waals surface area contributed by atoms with Gasteiger partial charge in [-0.15, -0.1) is 0 Å². The molecule has 0 aliphatic carbocycles. The van der Waals surface area contributed by atoms with Crippen LogP contribution in [0.25, 0.3) is 0 Å². The van der Waals surface area contributed by atoms with Gasteiger partial charge in [-0.1, -0.05) is 0 Å². The molecule has 0 fully saturated rings. The van der Waals surface area contributed by atoms with Gasteiger partial charge in [-0.3, -0.25) is 0 Å². The van der Waals surface area contributed by atoms with Crippen molar-refractivity contribution in [3.05, 3.63) is 27.7 Å². The number of rotatable bonds is 3. The van der Waals surface area contributed by atoms with E-state index in [1.54, 1.807) is 0 Å². The summed E-state index contributed by atoms with van der Waals surface area (Å²) in [6.45, 7) is 11.3. The van der Waals surface area contributed by atoms with Crippen LogP contribution in [-0.4, -0.2) is 17.7 Å². The van der Waals surface area contributed by atoms with E-state index < -0.39 is 5.60 Å². The summed E-state index contributed by atoms with van der Waals surface area (Å²) in [4.78, 5) is 12.2. The lowest BCUT2D eigenvalue weighted by Gasteiger charge is -2.22. The average molecular weight is 329 g/mol. The van der Waals surface area contributed by atoms with Gasteiger partial charge in [0.2, 0.25) is 0 Å². The number of halogens is 1. The Labute approximate surface area is 123 Å². The molecule has 19 heavy (non-hydrogen) atoms. The summed E-state index contributed by atoms with van der Waals surface area (Å²) in [7, 11) is 0. The minimum Gasteiger partial charge on any atom is -0.491 e. The van der Waals surface area contributed by atoms with Crippen molar-refractivity contribution in [2.24, 2.45) is 0 Å². The zero-order valence-electron chi connectivity index (χ0n) is 12.3. The van der Waals surface area contributed by atoms with Crippen LogP contribution in [0, 0.1) is 6.92 Å². The molecule has 0 N–H and O–H groups in total. The first kappa shape index (κ1) is 16.0. The summed E-state index contributed by atoms with van der Waals surface area (Å²) in [6, 6.07) is 3.66. The summed E-state index contributed by atoms with van der Waals surface area (Å²) < 4.78 is 11.8. The zero-order chi connectivity index (χ0) is 14.8. The molecule has 0 saturated heterocycles. The topological polar surface area (TPSA) is 35.5 Å². The van der Waals surface area contributed by atoms with E-state index in [0.717, 1.165) is 10.0 Å². The normalized spacial score (nSPS) is 11.6. The number of hydrogen-bond acceptors (Lipinski definition) is 3. The van der Waals surface area contributed by atoms with Crippen molar-refractivity contribution in [1.82, 2.24) is 0 Å². The van der Waals surface area contributed by atoms with E-state index in [1.807, 2.05) is 53.7 Å². The first-order valence-electron chi connectivity index (χ1n) is 6.31. The molecule has 1 aromatic rings. The lowest BCUT2D eigenvalue weighted by molar-refractivity contribution is 0.00670. The van der Waals surface area contributed by atoms with Crippen molar-refractivity contribution >= 4 is 21.9 Å². The Morgan fingerprint density at radius 1 is 1.26 bits per heavy atom. The minimum atomic E-state index is -0.516. The first-order valence-corrected chi connectivity index (χ1v) is 7.10. The summed E-state index contributed by atoms with van der Waals surface area (Å²) in [5, 5.41) is 0. The maximum Gasteiger partial charge on any atom is 0.340 e. The van der Waals surface area contributed by atoms with Gasteiger partial charge >= 0.3 is 5.97 Å². The maximum atomic E-state index is 12.2. The van der Waals surface area contributed by atoms with E-state index in [9.17, 15) is 4.79 Å². The van der Waals surface area contributed by atoms with E-state index in [0.29, 0.717) is 11.3 Å². The number of carbonyl (C=O) groups is 1. The molecule has 0 unspecified atom stereocenters. The molecule has 0 aliphatic rings. The lowest BCUT2D eigenvalue weighted by atomic mass is 10.1. The van der Waals surface area contributed by atoms with Crippen LogP contribution < -0.4 is 4.74 Å². The summed E-state index contributed by atoms with van der Waals surface area (Å²) in [5.74, 6) is 0.366. The van der Waals surface area contributed by atoms with Crippen LogP contribution in [-0.2, 0) is 4.74 Å². The molecular formula is C15H21BrO3. The van der Waals surface area contributed by atoms with Gasteiger partial charge in [0.05, 0.1) is 11.7 Å². The predicted octanol–water partition coefficient (Wildman–Crippen LogP) is 4.50. The Morgan fingerprint density at radius 3 is 2.32 bits per heavy atom. The smallest absolute Gasteiger partial charge is 0.340 e. The summed E-state index contributed by atoms with van der Waals surface area (Å²) in [5.41, 5.74) is 0.795. The Kier molecular flexibility index (Phi) is 5.02. The second-order valence-electron chi connectivity index (χ2n) is 5.71. The average Bonchev–Trinajstić information content (AvgIpc) is 2.19. The lowest BCUT2D eigenvalue weighted by Crippen LogP contribution is -2.24. The molecule has 106 valence electrons. The van der Waals surface area contributed by atoms with Gasteiger partial charge in [-0.2, -0.15) is 0 Å². The summed E-state index contributed by atoms with van der Waals surface area (Å²) >= 11 is 3.40. The largest absolute Gasteiger partial charge is 0.491 e. The molecular weight excluding hydrogens is 308 g/mol. The van der Waals surface area contributed by atoms with Crippen LogP contribution in [0.15, 0.2) is 16.6 Å². The predicted molar refractivity (Wildman–Crippen MR) is 79.8 cm³/mol. The molecule has 3 nitrogen and oxygen atoms in total. The fourth-order valence-electron chi connectivity index (χ4n) is 1.62. The highest BCUT2D eigenvalue weighted by atomic mass is 79.9. The maximum absolute atomic E-state index is 12.2. The van der Waals surface area contributed by atoms with Crippen LogP contribution in [0.3, 0.4) is 0 Å². The van der Waals surface area contributed by atoms with Crippen molar-refractivity contribution < 1.29 is 14.3 Å². The first-order chi connectivity index (χ1) is 8.61. The monoisotopic (exact) mass is 328 g/mol. The molecule has 0 saturated carbocycles. The quantitative estimate of drug-likeness (QED) is 0.766. The number of carbonyl (C=O) groups excluding carboxylic acids is 1. The van der Waals surface area contributed by atoms with Gasteiger partial charge in [0.1, 0.15) is 11.4 Å². The highest BCUT2D eigenvalue weighted by Gasteiger charge is 2.23.